The van der Waals surface area contributed by atoms with E-state index in [4.69, 9.17) is 11.6 Å². The molecule has 0 spiro atoms. The zero-order valence-electron chi connectivity index (χ0n) is 11.7. The van der Waals surface area contributed by atoms with Gasteiger partial charge in [-0.05, 0) is 44.0 Å². The van der Waals surface area contributed by atoms with Gasteiger partial charge in [0.15, 0.2) is 0 Å². The number of aliphatic hydroxyl groups is 1. The van der Waals surface area contributed by atoms with Gasteiger partial charge in [0.1, 0.15) is 0 Å². The van der Waals surface area contributed by atoms with Gasteiger partial charge in [-0.2, -0.15) is 0 Å². The quantitative estimate of drug-likeness (QED) is 0.847. The van der Waals surface area contributed by atoms with Crippen molar-refractivity contribution in [3.8, 4) is 0 Å². The number of hydrogen-bond acceptors (Lipinski definition) is 3. The molecule has 0 saturated heterocycles. The molecule has 110 valence electrons. The molecule has 0 atom stereocenters. The summed E-state index contributed by atoms with van der Waals surface area (Å²) in [6.07, 6.45) is 2.12. The Morgan fingerprint density at radius 1 is 1.50 bits per heavy atom. The topological polar surface area (TPSA) is 52.6 Å². The SMILES string of the molecule is CN(CCC(=O)Nc1cccc(Cl)c1)CC1CC(O)C1. The Kier molecular flexibility index (Phi) is 5.40. The van der Waals surface area contributed by atoms with Crippen LogP contribution in [0.1, 0.15) is 19.3 Å². The van der Waals surface area contributed by atoms with Crippen LogP contribution in [0, 0.1) is 5.92 Å². The number of carbonyl (C=O) groups is 1. The highest BCUT2D eigenvalue weighted by molar-refractivity contribution is 6.30. The number of amides is 1. The van der Waals surface area contributed by atoms with E-state index in [1.54, 1.807) is 12.1 Å². The van der Waals surface area contributed by atoms with Crippen LogP contribution < -0.4 is 5.32 Å². The molecule has 1 aliphatic rings. The first-order valence-electron chi connectivity index (χ1n) is 6.95. The van der Waals surface area contributed by atoms with Crippen molar-refractivity contribution >= 4 is 23.2 Å². The molecule has 0 aliphatic heterocycles. The van der Waals surface area contributed by atoms with Crippen LogP contribution >= 0.6 is 11.6 Å². The molecule has 0 unspecified atom stereocenters. The maximum Gasteiger partial charge on any atom is 0.225 e. The molecule has 20 heavy (non-hydrogen) atoms. The van der Waals surface area contributed by atoms with E-state index < -0.39 is 0 Å². The number of nitrogens with zero attached hydrogens (tertiary/aromatic N) is 1. The fourth-order valence-corrected chi connectivity index (χ4v) is 2.65. The van der Waals surface area contributed by atoms with Crippen molar-refractivity contribution in [2.24, 2.45) is 5.92 Å². The van der Waals surface area contributed by atoms with Crippen LogP contribution in [-0.2, 0) is 4.79 Å². The molecule has 0 radical (unpaired) electrons. The molecule has 1 aromatic carbocycles. The molecule has 1 fully saturated rings. The van der Waals surface area contributed by atoms with Crippen molar-refractivity contribution in [2.45, 2.75) is 25.4 Å². The lowest BCUT2D eigenvalue weighted by Crippen LogP contribution is -2.38. The Labute approximate surface area is 124 Å². The number of benzene rings is 1. The normalized spacial score (nSPS) is 21.6. The van der Waals surface area contributed by atoms with Crippen molar-refractivity contribution in [3.05, 3.63) is 29.3 Å². The van der Waals surface area contributed by atoms with Gasteiger partial charge in [0, 0.05) is 30.2 Å². The monoisotopic (exact) mass is 296 g/mol. The number of anilines is 1. The summed E-state index contributed by atoms with van der Waals surface area (Å²) in [5.41, 5.74) is 0.729. The maximum absolute atomic E-state index is 11.8. The summed E-state index contributed by atoms with van der Waals surface area (Å²) in [7, 11) is 2.01. The highest BCUT2D eigenvalue weighted by Gasteiger charge is 2.27. The van der Waals surface area contributed by atoms with E-state index in [1.807, 2.05) is 19.2 Å². The predicted molar refractivity (Wildman–Crippen MR) is 80.9 cm³/mol. The Bertz CT molecular complexity index is 461. The molecular formula is C15H21ClN2O2. The number of hydrogen-bond donors (Lipinski definition) is 2. The Hall–Kier alpha value is -1.10. The molecule has 1 aromatic rings. The summed E-state index contributed by atoms with van der Waals surface area (Å²) in [4.78, 5) is 14.0. The second-order valence-corrected chi connectivity index (χ2v) is 6.00. The van der Waals surface area contributed by atoms with E-state index in [2.05, 4.69) is 10.2 Å². The smallest absolute Gasteiger partial charge is 0.225 e. The van der Waals surface area contributed by atoms with Crippen LogP contribution in [0.25, 0.3) is 0 Å². The van der Waals surface area contributed by atoms with Crippen LogP contribution in [0.4, 0.5) is 5.69 Å². The molecule has 1 aliphatic carbocycles. The predicted octanol–water partition coefficient (Wildman–Crippen LogP) is 2.37. The van der Waals surface area contributed by atoms with E-state index in [0.717, 1.165) is 31.6 Å². The van der Waals surface area contributed by atoms with Gasteiger partial charge >= 0.3 is 0 Å². The third kappa shape index (κ3) is 4.78. The van der Waals surface area contributed by atoms with Gasteiger partial charge in [0.2, 0.25) is 5.91 Å². The average Bonchev–Trinajstić information content (AvgIpc) is 2.34. The molecule has 2 rings (SSSR count). The van der Waals surface area contributed by atoms with Crippen molar-refractivity contribution in [1.29, 1.82) is 0 Å². The van der Waals surface area contributed by atoms with E-state index in [9.17, 15) is 9.90 Å². The van der Waals surface area contributed by atoms with Crippen LogP contribution in [0.15, 0.2) is 24.3 Å². The molecule has 4 nitrogen and oxygen atoms in total. The number of halogens is 1. The first-order chi connectivity index (χ1) is 9.52. The molecule has 5 heteroatoms. The summed E-state index contributed by atoms with van der Waals surface area (Å²) < 4.78 is 0. The van der Waals surface area contributed by atoms with Crippen LogP contribution in [-0.4, -0.2) is 42.2 Å². The third-order valence-electron chi connectivity index (χ3n) is 3.61. The van der Waals surface area contributed by atoms with Crippen LogP contribution in [0.5, 0.6) is 0 Å². The van der Waals surface area contributed by atoms with Gasteiger partial charge in [-0.15, -0.1) is 0 Å². The zero-order chi connectivity index (χ0) is 14.5. The molecule has 0 bridgehead atoms. The van der Waals surface area contributed by atoms with Crippen LogP contribution in [0.2, 0.25) is 5.02 Å². The van der Waals surface area contributed by atoms with E-state index in [-0.39, 0.29) is 12.0 Å². The Morgan fingerprint density at radius 2 is 2.25 bits per heavy atom. The summed E-state index contributed by atoms with van der Waals surface area (Å²) in [6, 6.07) is 7.15. The molecular weight excluding hydrogens is 276 g/mol. The van der Waals surface area contributed by atoms with Gasteiger partial charge in [0.25, 0.3) is 0 Å². The highest BCUT2D eigenvalue weighted by atomic mass is 35.5. The van der Waals surface area contributed by atoms with Gasteiger partial charge in [-0.25, -0.2) is 0 Å². The van der Waals surface area contributed by atoms with Crippen molar-refractivity contribution in [2.75, 3.05) is 25.5 Å². The van der Waals surface area contributed by atoms with E-state index in [1.165, 1.54) is 0 Å². The third-order valence-corrected chi connectivity index (χ3v) is 3.84. The lowest BCUT2D eigenvalue weighted by atomic mass is 9.82. The van der Waals surface area contributed by atoms with Crippen LogP contribution in [0.3, 0.4) is 0 Å². The Morgan fingerprint density at radius 3 is 2.90 bits per heavy atom. The van der Waals surface area contributed by atoms with E-state index >= 15 is 0 Å². The number of rotatable bonds is 6. The van der Waals surface area contributed by atoms with Crippen molar-refractivity contribution < 1.29 is 9.90 Å². The summed E-state index contributed by atoms with van der Waals surface area (Å²) >= 11 is 5.87. The van der Waals surface area contributed by atoms with Gasteiger partial charge < -0.3 is 15.3 Å². The molecule has 0 heterocycles. The molecule has 0 aromatic heterocycles. The molecule has 1 amide bonds. The van der Waals surface area contributed by atoms with Gasteiger partial charge in [-0.3, -0.25) is 4.79 Å². The lowest BCUT2D eigenvalue weighted by Gasteiger charge is -2.34. The highest BCUT2D eigenvalue weighted by Crippen LogP contribution is 2.27. The average molecular weight is 297 g/mol. The lowest BCUT2D eigenvalue weighted by molar-refractivity contribution is -0.116. The maximum atomic E-state index is 11.8. The minimum atomic E-state index is -0.112. The number of carbonyl (C=O) groups excluding carboxylic acids is 1. The summed E-state index contributed by atoms with van der Waals surface area (Å²) in [6.45, 7) is 1.67. The van der Waals surface area contributed by atoms with E-state index in [0.29, 0.717) is 17.4 Å². The number of nitrogens with one attached hydrogen (secondary N) is 1. The second-order valence-electron chi connectivity index (χ2n) is 5.56. The standard InChI is InChI=1S/C15H21ClN2O2/c1-18(10-11-7-14(19)8-11)6-5-15(20)17-13-4-2-3-12(16)9-13/h2-4,9,11,14,19H,5-8,10H2,1H3,(H,17,20). The first kappa shape index (κ1) is 15.3. The van der Waals surface area contributed by atoms with Crippen molar-refractivity contribution in [1.82, 2.24) is 4.90 Å². The van der Waals surface area contributed by atoms with Crippen molar-refractivity contribution in [3.63, 3.8) is 0 Å². The summed E-state index contributed by atoms with van der Waals surface area (Å²) in [5.74, 6) is 0.568. The molecule has 1 saturated carbocycles. The fraction of sp³-hybridized carbons (Fsp3) is 0.533. The Balaban J connectivity index is 1.67. The largest absolute Gasteiger partial charge is 0.393 e. The second kappa shape index (κ2) is 7.07. The minimum absolute atomic E-state index is 0.00670. The van der Waals surface area contributed by atoms with Gasteiger partial charge in [0.05, 0.1) is 6.10 Å². The zero-order valence-corrected chi connectivity index (χ0v) is 12.4. The first-order valence-corrected chi connectivity index (χ1v) is 7.33. The minimum Gasteiger partial charge on any atom is -0.393 e. The number of aliphatic hydroxyl groups excluding tert-OH is 1. The van der Waals surface area contributed by atoms with Gasteiger partial charge in [-0.1, -0.05) is 17.7 Å². The summed E-state index contributed by atoms with van der Waals surface area (Å²) in [5, 5.41) is 12.7. The molecule has 2 N–H and O–H groups in total. The fourth-order valence-electron chi connectivity index (χ4n) is 2.46.